The van der Waals surface area contributed by atoms with Crippen LogP contribution in [0.25, 0.3) is 0 Å². The highest BCUT2D eigenvalue weighted by atomic mass is 35.5. The van der Waals surface area contributed by atoms with Crippen molar-refractivity contribution in [2.24, 2.45) is 0 Å². The van der Waals surface area contributed by atoms with E-state index in [4.69, 9.17) is 23.2 Å². The second kappa shape index (κ2) is 6.11. The summed E-state index contributed by atoms with van der Waals surface area (Å²) >= 11 is 11.8. The molecule has 1 aromatic carbocycles. The molecular formula is C14H12Cl2N2O2. The summed E-state index contributed by atoms with van der Waals surface area (Å²) in [7, 11) is 0. The number of carbonyl (C=O) groups is 2. The SMILES string of the molecule is CC(=O)c1c[nH]c(C(=O)NCc2ccc(Cl)cc2Cl)c1. The number of aromatic nitrogens is 1. The number of aromatic amines is 1. The van der Waals surface area contributed by atoms with Gasteiger partial charge in [-0.1, -0.05) is 29.3 Å². The molecule has 6 heteroatoms. The minimum absolute atomic E-state index is 0.0963. The molecule has 0 saturated heterocycles. The van der Waals surface area contributed by atoms with Crippen LogP contribution >= 0.6 is 23.2 Å². The van der Waals surface area contributed by atoms with Crippen LogP contribution in [0.5, 0.6) is 0 Å². The zero-order chi connectivity index (χ0) is 14.7. The Morgan fingerprint density at radius 1 is 1.25 bits per heavy atom. The van der Waals surface area contributed by atoms with E-state index in [9.17, 15) is 9.59 Å². The maximum atomic E-state index is 11.9. The van der Waals surface area contributed by atoms with Gasteiger partial charge in [0.2, 0.25) is 0 Å². The highest BCUT2D eigenvalue weighted by Crippen LogP contribution is 2.20. The first kappa shape index (κ1) is 14.6. The van der Waals surface area contributed by atoms with Gasteiger partial charge >= 0.3 is 0 Å². The molecule has 0 bridgehead atoms. The maximum absolute atomic E-state index is 11.9. The zero-order valence-corrected chi connectivity index (χ0v) is 12.2. The Kier molecular flexibility index (Phi) is 4.47. The molecule has 2 rings (SSSR count). The van der Waals surface area contributed by atoms with Gasteiger partial charge in [-0.25, -0.2) is 0 Å². The molecule has 0 spiro atoms. The van der Waals surface area contributed by atoms with Crippen molar-refractivity contribution in [3.8, 4) is 0 Å². The molecule has 0 atom stereocenters. The van der Waals surface area contributed by atoms with E-state index >= 15 is 0 Å². The third kappa shape index (κ3) is 3.40. The van der Waals surface area contributed by atoms with Gasteiger partial charge in [0.1, 0.15) is 5.69 Å². The summed E-state index contributed by atoms with van der Waals surface area (Å²) in [5.41, 5.74) is 1.57. The van der Waals surface area contributed by atoms with Gasteiger partial charge < -0.3 is 10.3 Å². The van der Waals surface area contributed by atoms with Crippen LogP contribution in [-0.4, -0.2) is 16.7 Å². The number of hydrogen-bond donors (Lipinski definition) is 2. The van der Waals surface area contributed by atoms with Gasteiger partial charge in [-0.15, -0.1) is 0 Å². The first-order valence-electron chi connectivity index (χ1n) is 5.89. The summed E-state index contributed by atoms with van der Waals surface area (Å²) < 4.78 is 0. The summed E-state index contributed by atoms with van der Waals surface area (Å²) in [5, 5.41) is 3.76. The van der Waals surface area contributed by atoms with Crippen LogP contribution in [0.2, 0.25) is 10.0 Å². The highest BCUT2D eigenvalue weighted by Gasteiger charge is 2.11. The number of H-pyrrole nitrogens is 1. The van der Waals surface area contributed by atoms with Gasteiger partial charge in [0.15, 0.2) is 5.78 Å². The summed E-state index contributed by atoms with van der Waals surface area (Å²) in [6.45, 7) is 1.72. The van der Waals surface area contributed by atoms with E-state index in [0.717, 1.165) is 5.56 Å². The van der Waals surface area contributed by atoms with E-state index in [-0.39, 0.29) is 18.2 Å². The highest BCUT2D eigenvalue weighted by molar-refractivity contribution is 6.35. The lowest BCUT2D eigenvalue weighted by atomic mass is 10.2. The first-order chi connectivity index (χ1) is 9.47. The third-order valence-corrected chi connectivity index (χ3v) is 3.38. The van der Waals surface area contributed by atoms with Crippen molar-refractivity contribution in [1.82, 2.24) is 10.3 Å². The smallest absolute Gasteiger partial charge is 0.267 e. The van der Waals surface area contributed by atoms with Crippen LogP contribution in [0, 0.1) is 0 Å². The molecule has 1 amide bonds. The molecule has 0 aliphatic heterocycles. The molecule has 20 heavy (non-hydrogen) atoms. The number of nitrogens with one attached hydrogen (secondary N) is 2. The van der Waals surface area contributed by atoms with Crippen molar-refractivity contribution >= 4 is 34.9 Å². The summed E-state index contributed by atoms with van der Waals surface area (Å²) in [6.07, 6.45) is 1.51. The van der Waals surface area contributed by atoms with E-state index in [1.165, 1.54) is 19.2 Å². The lowest BCUT2D eigenvalue weighted by molar-refractivity contribution is 0.0946. The zero-order valence-electron chi connectivity index (χ0n) is 10.7. The number of Topliss-reactive ketones (excluding diaryl/α,β-unsaturated/α-hetero) is 1. The van der Waals surface area contributed by atoms with Crippen molar-refractivity contribution in [2.45, 2.75) is 13.5 Å². The second-order valence-electron chi connectivity index (χ2n) is 4.28. The molecule has 104 valence electrons. The average molecular weight is 311 g/mol. The van der Waals surface area contributed by atoms with E-state index in [0.29, 0.717) is 21.3 Å². The van der Waals surface area contributed by atoms with Gasteiger partial charge in [0, 0.05) is 28.4 Å². The Hall–Kier alpha value is -1.78. The maximum Gasteiger partial charge on any atom is 0.267 e. The molecule has 0 aliphatic carbocycles. The van der Waals surface area contributed by atoms with Crippen LogP contribution in [-0.2, 0) is 6.54 Å². The van der Waals surface area contributed by atoms with Crippen LogP contribution in [0.1, 0.15) is 33.3 Å². The number of carbonyl (C=O) groups excluding carboxylic acids is 2. The number of rotatable bonds is 4. The number of benzene rings is 1. The number of halogens is 2. The quantitative estimate of drug-likeness (QED) is 0.850. The third-order valence-electron chi connectivity index (χ3n) is 2.79. The Morgan fingerprint density at radius 3 is 2.60 bits per heavy atom. The molecule has 0 unspecified atom stereocenters. The van der Waals surface area contributed by atoms with E-state index in [1.807, 2.05) is 0 Å². The molecule has 0 aliphatic rings. The first-order valence-corrected chi connectivity index (χ1v) is 6.64. The lowest BCUT2D eigenvalue weighted by Crippen LogP contribution is -2.23. The predicted octanol–water partition coefficient (Wildman–Crippen LogP) is 3.45. The largest absolute Gasteiger partial charge is 0.356 e. The second-order valence-corrected chi connectivity index (χ2v) is 5.12. The van der Waals surface area contributed by atoms with Crippen molar-refractivity contribution in [3.05, 3.63) is 57.3 Å². The van der Waals surface area contributed by atoms with E-state index < -0.39 is 0 Å². The molecule has 1 aromatic heterocycles. The minimum Gasteiger partial charge on any atom is -0.356 e. The standard InChI is InChI=1S/C14H12Cl2N2O2/c1-8(19)10-4-13(17-7-10)14(20)18-6-9-2-3-11(15)5-12(9)16/h2-5,7,17H,6H2,1H3,(H,18,20). The van der Waals surface area contributed by atoms with E-state index in [1.54, 1.807) is 18.2 Å². The fraction of sp³-hybridized carbons (Fsp3) is 0.143. The fourth-order valence-corrected chi connectivity index (χ4v) is 2.14. The molecule has 0 saturated carbocycles. The van der Waals surface area contributed by atoms with E-state index in [2.05, 4.69) is 10.3 Å². The molecule has 2 aromatic rings. The molecule has 0 radical (unpaired) electrons. The van der Waals surface area contributed by atoms with Crippen LogP contribution < -0.4 is 5.32 Å². The van der Waals surface area contributed by atoms with Crippen molar-refractivity contribution in [2.75, 3.05) is 0 Å². The predicted molar refractivity (Wildman–Crippen MR) is 78.4 cm³/mol. The van der Waals surface area contributed by atoms with Gasteiger partial charge in [-0.05, 0) is 30.7 Å². The average Bonchev–Trinajstić information content (AvgIpc) is 2.87. The van der Waals surface area contributed by atoms with Gasteiger partial charge in [0.05, 0.1) is 0 Å². The van der Waals surface area contributed by atoms with Crippen molar-refractivity contribution in [3.63, 3.8) is 0 Å². The molecule has 2 N–H and O–H groups in total. The Bertz CT molecular complexity index is 665. The lowest BCUT2D eigenvalue weighted by Gasteiger charge is -2.06. The Labute approximate surface area is 126 Å². The summed E-state index contributed by atoms with van der Waals surface area (Å²) in [6, 6.07) is 6.59. The van der Waals surface area contributed by atoms with Gasteiger partial charge in [0.25, 0.3) is 5.91 Å². The normalized spacial score (nSPS) is 10.3. The van der Waals surface area contributed by atoms with Crippen LogP contribution in [0.15, 0.2) is 30.5 Å². The topological polar surface area (TPSA) is 62.0 Å². The monoisotopic (exact) mass is 310 g/mol. The molecule has 4 nitrogen and oxygen atoms in total. The Morgan fingerprint density at radius 2 is 2.00 bits per heavy atom. The number of hydrogen-bond acceptors (Lipinski definition) is 2. The number of ketones is 1. The molecule has 0 fully saturated rings. The summed E-state index contributed by atoms with van der Waals surface area (Å²) in [4.78, 5) is 25.8. The minimum atomic E-state index is -0.302. The molecular weight excluding hydrogens is 299 g/mol. The van der Waals surface area contributed by atoms with Crippen LogP contribution in [0.4, 0.5) is 0 Å². The number of amides is 1. The van der Waals surface area contributed by atoms with Crippen molar-refractivity contribution < 1.29 is 9.59 Å². The van der Waals surface area contributed by atoms with Crippen LogP contribution in [0.3, 0.4) is 0 Å². The van der Waals surface area contributed by atoms with Gasteiger partial charge in [-0.3, -0.25) is 9.59 Å². The van der Waals surface area contributed by atoms with Crippen molar-refractivity contribution in [1.29, 1.82) is 0 Å². The summed E-state index contributed by atoms with van der Waals surface area (Å²) in [5.74, 6) is -0.399. The van der Waals surface area contributed by atoms with Gasteiger partial charge in [-0.2, -0.15) is 0 Å². The molecule has 1 heterocycles. The Balaban J connectivity index is 2.02. The fourth-order valence-electron chi connectivity index (χ4n) is 1.66.